The fourth-order valence-electron chi connectivity index (χ4n) is 0.423. The molecule has 0 fully saturated rings. The molecule has 0 spiro atoms. The van der Waals surface area contributed by atoms with Gasteiger partial charge < -0.3 is 14.8 Å². The zero-order valence-corrected chi connectivity index (χ0v) is 6.09. The van der Waals surface area contributed by atoms with Crippen LogP contribution in [0.3, 0.4) is 0 Å². The first kappa shape index (κ1) is 6.99. The molecular formula is C6H15NO2. The number of methoxy groups -OCH3 is 2. The molecule has 0 aliphatic heterocycles. The topological polar surface area (TPSA) is 30.5 Å². The van der Waals surface area contributed by atoms with Gasteiger partial charge in [-0.15, -0.1) is 0 Å². The molecule has 1 N–H and O–H groups in total. The van der Waals surface area contributed by atoms with Crippen molar-refractivity contribution in [1.82, 2.24) is 5.31 Å². The van der Waals surface area contributed by atoms with Gasteiger partial charge in [-0.05, 0) is 0 Å². The molecule has 0 aromatic rings. The number of hydrogen-bond acceptors (Lipinski definition) is 3. The van der Waals surface area contributed by atoms with Gasteiger partial charge >= 0.3 is 0 Å². The number of ether oxygens (including phenoxy) is 2. The van der Waals surface area contributed by atoms with Gasteiger partial charge in [0, 0.05) is 27.3 Å². The van der Waals surface area contributed by atoms with Crippen LogP contribution in [0.4, 0.5) is 0 Å². The van der Waals surface area contributed by atoms with Gasteiger partial charge in [-0.1, -0.05) is 0 Å². The van der Waals surface area contributed by atoms with E-state index in [9.17, 15) is 0 Å². The Labute approximate surface area is 57.8 Å². The molecule has 0 saturated carbocycles. The molecule has 0 aliphatic rings. The van der Waals surface area contributed by atoms with E-state index in [0.717, 1.165) is 0 Å². The summed E-state index contributed by atoms with van der Waals surface area (Å²) < 4.78 is 16.8. The first-order chi connectivity index (χ1) is 4.81. The average Bonchev–Trinajstić information content (AvgIpc) is 1.97. The monoisotopic (exact) mass is 134 g/mol. The third kappa shape index (κ3) is 7.88. The SMILES string of the molecule is [2H]N(CCOC)CCOC. The van der Waals surface area contributed by atoms with Crippen LogP contribution in [0.2, 0.25) is 1.41 Å². The normalized spacial score (nSPS) is 12.1. The second-order valence-electron chi connectivity index (χ2n) is 1.66. The molecule has 3 nitrogen and oxygen atoms in total. The minimum Gasteiger partial charge on any atom is -0.383 e. The van der Waals surface area contributed by atoms with Crippen LogP contribution >= 0.6 is 0 Å². The Bertz CT molecular complexity index is 64.8. The average molecular weight is 134 g/mol. The highest BCUT2D eigenvalue weighted by Gasteiger charge is 1.83. The van der Waals surface area contributed by atoms with Crippen molar-refractivity contribution in [2.24, 2.45) is 0 Å². The Balaban J connectivity index is 3.00. The fraction of sp³-hybridized carbons (Fsp3) is 1.00. The van der Waals surface area contributed by atoms with E-state index in [0.29, 0.717) is 26.3 Å². The van der Waals surface area contributed by atoms with Gasteiger partial charge in [0.25, 0.3) is 0 Å². The highest BCUT2D eigenvalue weighted by Crippen LogP contribution is 1.65. The van der Waals surface area contributed by atoms with Crippen molar-refractivity contribution in [3.05, 3.63) is 0 Å². The van der Waals surface area contributed by atoms with Gasteiger partial charge in [0.15, 0.2) is 0 Å². The molecular weight excluding hydrogens is 118 g/mol. The summed E-state index contributed by atoms with van der Waals surface area (Å²) in [5, 5.41) is 1.42. The highest BCUT2D eigenvalue weighted by molar-refractivity contribution is 4.42. The van der Waals surface area contributed by atoms with Gasteiger partial charge in [0.1, 0.15) is 1.41 Å². The van der Waals surface area contributed by atoms with E-state index >= 15 is 0 Å². The van der Waals surface area contributed by atoms with Crippen LogP contribution in [0.15, 0.2) is 0 Å². The minimum absolute atomic E-state index is 0.604. The lowest BCUT2D eigenvalue weighted by molar-refractivity contribution is 0.180. The van der Waals surface area contributed by atoms with Crippen LogP contribution in [0.5, 0.6) is 0 Å². The van der Waals surface area contributed by atoms with Crippen LogP contribution in [0, 0.1) is 0 Å². The largest absolute Gasteiger partial charge is 0.383 e. The lowest BCUT2D eigenvalue weighted by atomic mass is 10.6. The van der Waals surface area contributed by atoms with Crippen LogP contribution in [0.1, 0.15) is 0 Å². The van der Waals surface area contributed by atoms with Crippen molar-refractivity contribution in [2.45, 2.75) is 0 Å². The van der Waals surface area contributed by atoms with E-state index in [1.54, 1.807) is 14.2 Å². The molecule has 0 aliphatic carbocycles. The highest BCUT2D eigenvalue weighted by atomic mass is 16.5. The van der Waals surface area contributed by atoms with E-state index in [1.165, 1.54) is 5.31 Å². The Kier molecular flexibility index (Phi) is 6.12. The Hall–Kier alpha value is -0.120. The summed E-state index contributed by atoms with van der Waals surface area (Å²) in [6, 6.07) is 0. The predicted octanol–water partition coefficient (Wildman–Crippen LogP) is -0.131. The number of hydrogen-bond donors (Lipinski definition) is 1. The molecule has 3 heteroatoms. The van der Waals surface area contributed by atoms with E-state index in [-0.39, 0.29) is 0 Å². The van der Waals surface area contributed by atoms with Crippen LogP contribution in [-0.4, -0.2) is 40.5 Å². The summed E-state index contributed by atoms with van der Waals surface area (Å²) in [6.45, 7) is 2.49. The predicted molar refractivity (Wildman–Crippen MR) is 36.6 cm³/mol. The summed E-state index contributed by atoms with van der Waals surface area (Å²) in [4.78, 5) is 0. The van der Waals surface area contributed by atoms with E-state index < -0.39 is 0 Å². The fourth-order valence-corrected chi connectivity index (χ4v) is 0.423. The second kappa shape index (κ2) is 7.88. The summed E-state index contributed by atoms with van der Waals surface area (Å²) in [5.41, 5.74) is 0. The molecule has 56 valence electrons. The molecule has 0 aromatic heterocycles. The molecule has 0 heterocycles. The zero-order valence-electron chi connectivity index (χ0n) is 7.09. The summed E-state index contributed by atoms with van der Waals surface area (Å²) in [5.74, 6) is 0. The molecule has 0 bridgehead atoms. The quantitative estimate of drug-likeness (QED) is 0.549. The van der Waals surface area contributed by atoms with Crippen molar-refractivity contribution in [1.29, 1.82) is 0 Å². The van der Waals surface area contributed by atoms with Crippen LogP contribution in [-0.2, 0) is 9.47 Å². The standard InChI is InChI=1S/C6H15NO2/c1-8-5-3-7-4-6-9-2/h7H,3-6H2,1-2H3/i/hD. The van der Waals surface area contributed by atoms with Gasteiger partial charge in [0.2, 0.25) is 0 Å². The smallest absolute Gasteiger partial charge is 0.122 e. The van der Waals surface area contributed by atoms with Crippen molar-refractivity contribution < 1.29 is 10.9 Å². The van der Waals surface area contributed by atoms with Gasteiger partial charge in [-0.25, -0.2) is 0 Å². The summed E-state index contributed by atoms with van der Waals surface area (Å²) in [7, 11) is 3.26. The summed E-state index contributed by atoms with van der Waals surface area (Å²) in [6.07, 6.45) is 0. The maximum atomic E-state index is 7.25. The van der Waals surface area contributed by atoms with Crippen molar-refractivity contribution >= 4 is 0 Å². The van der Waals surface area contributed by atoms with Gasteiger partial charge in [0.05, 0.1) is 13.2 Å². The van der Waals surface area contributed by atoms with Crippen molar-refractivity contribution in [3.63, 3.8) is 0 Å². The zero-order chi connectivity index (χ0) is 7.82. The van der Waals surface area contributed by atoms with E-state index in [1.807, 2.05) is 0 Å². The molecule has 0 rings (SSSR count). The Morgan fingerprint density at radius 1 is 1.22 bits per heavy atom. The minimum atomic E-state index is 0.604. The molecule has 0 saturated heterocycles. The Morgan fingerprint density at radius 3 is 2.00 bits per heavy atom. The van der Waals surface area contributed by atoms with E-state index in [2.05, 4.69) is 0 Å². The van der Waals surface area contributed by atoms with Crippen LogP contribution in [0.25, 0.3) is 0 Å². The first-order valence-corrected chi connectivity index (χ1v) is 3.03. The lowest BCUT2D eigenvalue weighted by Crippen LogP contribution is -2.23. The summed E-state index contributed by atoms with van der Waals surface area (Å²) >= 11 is 0. The maximum Gasteiger partial charge on any atom is 0.122 e. The van der Waals surface area contributed by atoms with Crippen molar-refractivity contribution in [3.8, 4) is 0 Å². The molecule has 0 amide bonds. The third-order valence-corrected chi connectivity index (χ3v) is 0.907. The second-order valence-corrected chi connectivity index (χ2v) is 1.66. The van der Waals surface area contributed by atoms with Crippen LogP contribution < -0.4 is 5.31 Å². The number of nitrogens with one attached hydrogen (secondary N) is 1. The molecule has 0 atom stereocenters. The van der Waals surface area contributed by atoms with E-state index in [4.69, 9.17) is 10.9 Å². The number of rotatable bonds is 6. The van der Waals surface area contributed by atoms with Crippen molar-refractivity contribution in [2.75, 3.05) is 40.5 Å². The van der Waals surface area contributed by atoms with Gasteiger partial charge in [-0.2, -0.15) is 0 Å². The first-order valence-electron chi connectivity index (χ1n) is 3.47. The molecule has 0 unspecified atom stereocenters. The molecule has 0 radical (unpaired) electrons. The Morgan fingerprint density at radius 2 is 1.67 bits per heavy atom. The maximum absolute atomic E-state index is 7.25. The third-order valence-electron chi connectivity index (χ3n) is 0.907. The van der Waals surface area contributed by atoms with Gasteiger partial charge in [-0.3, -0.25) is 0 Å². The molecule has 9 heavy (non-hydrogen) atoms. The lowest BCUT2D eigenvalue weighted by Gasteiger charge is -2.01. The molecule has 0 aromatic carbocycles.